The lowest BCUT2D eigenvalue weighted by atomic mass is 9.96. The van der Waals surface area contributed by atoms with E-state index in [0.717, 1.165) is 27.3 Å². The Kier molecular flexibility index (Phi) is 6.08. The third kappa shape index (κ3) is 4.13. The van der Waals surface area contributed by atoms with E-state index < -0.39 is 0 Å². The first-order chi connectivity index (χ1) is 10.4. The van der Waals surface area contributed by atoms with Crippen molar-refractivity contribution in [2.75, 3.05) is 5.75 Å². The lowest BCUT2D eigenvalue weighted by molar-refractivity contribution is 0.464. The van der Waals surface area contributed by atoms with Gasteiger partial charge in [-0.05, 0) is 46.6 Å². The zero-order valence-electron chi connectivity index (χ0n) is 13.0. The largest absolute Gasteiger partial charge is 0.508 e. The summed E-state index contributed by atoms with van der Waals surface area (Å²) in [4.78, 5) is 1.09. The molecular formula is C18H20Cl2OS. The maximum atomic E-state index is 9.92. The van der Waals surface area contributed by atoms with Crippen molar-refractivity contribution in [3.63, 3.8) is 0 Å². The standard InChI is InChI=1S/C18H20Cl2OS/c1-4-22-13-9-16(19)15(17(20)10-13)8-12-5-6-18(21)14(7-12)11(2)3/h5-7,9-11,21H,4,8H2,1-3H3. The first kappa shape index (κ1) is 17.5. The molecular weight excluding hydrogens is 335 g/mol. The molecule has 0 aliphatic rings. The van der Waals surface area contributed by atoms with Crippen molar-refractivity contribution in [2.24, 2.45) is 0 Å². The third-order valence-electron chi connectivity index (χ3n) is 3.52. The number of thioether (sulfide) groups is 1. The average Bonchev–Trinajstić information content (AvgIpc) is 2.44. The van der Waals surface area contributed by atoms with Gasteiger partial charge >= 0.3 is 0 Å². The highest BCUT2D eigenvalue weighted by atomic mass is 35.5. The molecule has 0 saturated carbocycles. The molecule has 118 valence electrons. The highest BCUT2D eigenvalue weighted by Crippen LogP contribution is 2.34. The van der Waals surface area contributed by atoms with Crippen LogP contribution in [0.4, 0.5) is 0 Å². The van der Waals surface area contributed by atoms with Crippen molar-refractivity contribution in [1.82, 2.24) is 0 Å². The Morgan fingerprint density at radius 2 is 1.73 bits per heavy atom. The minimum atomic E-state index is 0.272. The first-order valence-corrected chi connectivity index (χ1v) is 9.09. The van der Waals surface area contributed by atoms with Gasteiger partial charge in [0.15, 0.2) is 0 Å². The van der Waals surface area contributed by atoms with E-state index in [9.17, 15) is 5.11 Å². The maximum Gasteiger partial charge on any atom is 0.119 e. The average molecular weight is 355 g/mol. The van der Waals surface area contributed by atoms with Gasteiger partial charge in [0.05, 0.1) is 0 Å². The molecule has 0 heterocycles. The summed E-state index contributed by atoms with van der Waals surface area (Å²) in [5.41, 5.74) is 2.98. The van der Waals surface area contributed by atoms with E-state index in [2.05, 4.69) is 20.8 Å². The van der Waals surface area contributed by atoms with E-state index in [4.69, 9.17) is 23.2 Å². The number of rotatable bonds is 5. The Bertz CT molecular complexity index is 645. The molecule has 1 nitrogen and oxygen atoms in total. The number of hydrogen-bond acceptors (Lipinski definition) is 2. The number of benzene rings is 2. The minimum Gasteiger partial charge on any atom is -0.508 e. The number of phenolic OH excluding ortho intramolecular Hbond substituents is 1. The van der Waals surface area contributed by atoms with E-state index in [1.165, 1.54) is 0 Å². The molecule has 0 fully saturated rings. The second-order valence-electron chi connectivity index (χ2n) is 5.52. The molecule has 0 aliphatic carbocycles. The van der Waals surface area contributed by atoms with Gasteiger partial charge in [-0.25, -0.2) is 0 Å². The molecule has 2 rings (SSSR count). The molecule has 22 heavy (non-hydrogen) atoms. The van der Waals surface area contributed by atoms with Gasteiger partial charge in [-0.15, -0.1) is 11.8 Å². The van der Waals surface area contributed by atoms with Crippen molar-refractivity contribution >= 4 is 35.0 Å². The first-order valence-electron chi connectivity index (χ1n) is 7.34. The van der Waals surface area contributed by atoms with Crippen molar-refractivity contribution in [3.8, 4) is 5.75 Å². The van der Waals surface area contributed by atoms with Gasteiger partial charge in [0.1, 0.15) is 5.75 Å². The van der Waals surface area contributed by atoms with Crippen LogP contribution in [0.5, 0.6) is 5.75 Å². The molecule has 2 aromatic carbocycles. The predicted molar refractivity (Wildman–Crippen MR) is 97.9 cm³/mol. The zero-order valence-corrected chi connectivity index (χ0v) is 15.3. The number of hydrogen-bond donors (Lipinski definition) is 1. The zero-order chi connectivity index (χ0) is 16.3. The number of aromatic hydroxyl groups is 1. The van der Waals surface area contributed by atoms with E-state index in [1.54, 1.807) is 17.8 Å². The summed E-state index contributed by atoms with van der Waals surface area (Å²) in [6, 6.07) is 9.64. The van der Waals surface area contributed by atoms with Crippen LogP contribution in [0.2, 0.25) is 10.0 Å². The van der Waals surface area contributed by atoms with Crippen LogP contribution >= 0.6 is 35.0 Å². The predicted octanol–water partition coefficient (Wildman–Crippen LogP) is 6.53. The van der Waals surface area contributed by atoms with Gasteiger partial charge in [-0.3, -0.25) is 0 Å². The Morgan fingerprint density at radius 3 is 2.27 bits per heavy atom. The number of phenols is 1. The Labute approximate surface area is 146 Å². The highest BCUT2D eigenvalue weighted by molar-refractivity contribution is 7.99. The summed E-state index contributed by atoms with van der Waals surface area (Å²) in [6.45, 7) is 6.23. The lowest BCUT2D eigenvalue weighted by Crippen LogP contribution is -1.95. The van der Waals surface area contributed by atoms with Crippen LogP contribution in [0.1, 0.15) is 43.4 Å². The van der Waals surface area contributed by atoms with E-state index in [0.29, 0.717) is 22.2 Å². The van der Waals surface area contributed by atoms with Crippen LogP contribution in [0.15, 0.2) is 35.2 Å². The van der Waals surface area contributed by atoms with Gasteiger partial charge in [0, 0.05) is 21.4 Å². The fourth-order valence-corrected chi connectivity index (χ4v) is 3.86. The summed E-state index contributed by atoms with van der Waals surface area (Å²) in [7, 11) is 0. The van der Waals surface area contributed by atoms with Crippen LogP contribution in [0.25, 0.3) is 0 Å². The van der Waals surface area contributed by atoms with Crippen LogP contribution in [0.3, 0.4) is 0 Å². The second kappa shape index (κ2) is 7.63. The fourth-order valence-electron chi connectivity index (χ4n) is 2.38. The molecule has 4 heteroatoms. The van der Waals surface area contributed by atoms with Gasteiger partial charge in [-0.2, -0.15) is 0 Å². The van der Waals surface area contributed by atoms with Crippen LogP contribution in [-0.4, -0.2) is 10.9 Å². The monoisotopic (exact) mass is 354 g/mol. The third-order valence-corrected chi connectivity index (χ3v) is 5.05. The normalized spacial score (nSPS) is 11.2. The summed E-state index contributed by atoms with van der Waals surface area (Å²) in [5.74, 6) is 1.60. The fraction of sp³-hybridized carbons (Fsp3) is 0.333. The highest BCUT2D eigenvalue weighted by Gasteiger charge is 2.12. The molecule has 0 saturated heterocycles. The Hall–Kier alpha value is -0.830. The van der Waals surface area contributed by atoms with Crippen LogP contribution in [-0.2, 0) is 6.42 Å². The molecule has 0 amide bonds. The smallest absolute Gasteiger partial charge is 0.119 e. The van der Waals surface area contributed by atoms with E-state index in [-0.39, 0.29) is 5.92 Å². The van der Waals surface area contributed by atoms with Crippen LogP contribution in [0, 0.1) is 0 Å². The number of halogens is 2. The maximum absolute atomic E-state index is 9.92. The van der Waals surface area contributed by atoms with Gasteiger partial charge in [0.25, 0.3) is 0 Å². The molecule has 0 radical (unpaired) electrons. The molecule has 0 aliphatic heterocycles. The topological polar surface area (TPSA) is 20.2 Å². The Balaban J connectivity index is 2.33. The van der Waals surface area contributed by atoms with Gasteiger partial charge < -0.3 is 5.11 Å². The summed E-state index contributed by atoms with van der Waals surface area (Å²) in [5, 5.41) is 11.3. The molecule has 0 spiro atoms. The molecule has 1 N–H and O–H groups in total. The molecule has 0 unspecified atom stereocenters. The van der Waals surface area contributed by atoms with E-state index in [1.807, 2.05) is 24.3 Å². The summed E-state index contributed by atoms with van der Waals surface area (Å²) < 4.78 is 0. The molecule has 0 bridgehead atoms. The van der Waals surface area contributed by atoms with Gasteiger partial charge in [0.2, 0.25) is 0 Å². The van der Waals surface area contributed by atoms with Crippen molar-refractivity contribution in [2.45, 2.75) is 38.0 Å². The molecule has 0 atom stereocenters. The van der Waals surface area contributed by atoms with Gasteiger partial charge in [-0.1, -0.05) is 56.1 Å². The Morgan fingerprint density at radius 1 is 1.09 bits per heavy atom. The summed E-state index contributed by atoms with van der Waals surface area (Å²) in [6.07, 6.45) is 0.661. The molecule has 2 aromatic rings. The SMILES string of the molecule is CCSc1cc(Cl)c(Cc2ccc(O)c(C(C)C)c2)c(Cl)c1. The van der Waals surface area contributed by atoms with Crippen molar-refractivity contribution in [1.29, 1.82) is 0 Å². The minimum absolute atomic E-state index is 0.272. The van der Waals surface area contributed by atoms with Crippen LogP contribution < -0.4 is 0 Å². The van der Waals surface area contributed by atoms with E-state index >= 15 is 0 Å². The second-order valence-corrected chi connectivity index (χ2v) is 7.67. The molecule has 0 aromatic heterocycles. The lowest BCUT2D eigenvalue weighted by Gasteiger charge is -2.13. The van der Waals surface area contributed by atoms with Crippen molar-refractivity contribution in [3.05, 3.63) is 57.1 Å². The van der Waals surface area contributed by atoms with Crippen molar-refractivity contribution < 1.29 is 5.11 Å². The quantitative estimate of drug-likeness (QED) is 0.616. The summed E-state index contributed by atoms with van der Waals surface area (Å²) >= 11 is 14.5.